The molecule has 0 unspecified atom stereocenters. The highest BCUT2D eigenvalue weighted by Gasteiger charge is 2.27. The van der Waals surface area contributed by atoms with Gasteiger partial charge < -0.3 is 5.11 Å². The number of carboxylic acids is 1. The quantitative estimate of drug-likeness (QED) is 0.922. The summed E-state index contributed by atoms with van der Waals surface area (Å²) in [6, 6.07) is 5.25. The van der Waals surface area contributed by atoms with Crippen LogP contribution in [0.15, 0.2) is 18.2 Å². The molecule has 3 nitrogen and oxygen atoms in total. The number of aliphatic carboxylic acids is 1. The molecule has 0 bridgehead atoms. The third-order valence-electron chi connectivity index (χ3n) is 3.83. The average molecular weight is 282 g/mol. The molecule has 1 aliphatic heterocycles. The Morgan fingerprint density at radius 1 is 1.37 bits per heavy atom. The number of likely N-dealkylation sites (tertiary alicyclic amines) is 1. The van der Waals surface area contributed by atoms with E-state index in [0.29, 0.717) is 11.4 Å². The van der Waals surface area contributed by atoms with Crippen molar-refractivity contribution in [3.8, 4) is 0 Å². The van der Waals surface area contributed by atoms with Gasteiger partial charge in [-0.3, -0.25) is 9.69 Å². The van der Waals surface area contributed by atoms with Gasteiger partial charge in [-0.25, -0.2) is 0 Å². The molecule has 0 aromatic heterocycles. The highest BCUT2D eigenvalue weighted by atomic mass is 35.5. The molecule has 1 atom stereocenters. The predicted molar refractivity (Wildman–Crippen MR) is 76.7 cm³/mol. The zero-order chi connectivity index (χ0) is 13.8. The molecule has 0 spiro atoms. The number of carboxylic acid groups (broad SMARTS) is 1. The maximum absolute atomic E-state index is 11.5. The molecular weight excluding hydrogens is 262 g/mol. The van der Waals surface area contributed by atoms with Gasteiger partial charge in [0.05, 0.1) is 0 Å². The van der Waals surface area contributed by atoms with Crippen LogP contribution in [-0.4, -0.2) is 35.1 Å². The first kappa shape index (κ1) is 14.4. The molecule has 1 N–H and O–H groups in total. The fourth-order valence-electron chi connectivity index (χ4n) is 2.70. The third kappa shape index (κ3) is 3.71. The summed E-state index contributed by atoms with van der Waals surface area (Å²) in [6.45, 7) is 3.77. The molecule has 1 saturated heterocycles. The Labute approximate surface area is 119 Å². The van der Waals surface area contributed by atoms with Gasteiger partial charge in [-0.05, 0) is 62.5 Å². The van der Waals surface area contributed by atoms with E-state index in [1.54, 1.807) is 0 Å². The zero-order valence-corrected chi connectivity index (χ0v) is 12.0. The fourth-order valence-corrected chi connectivity index (χ4v) is 2.93. The minimum Gasteiger partial charge on any atom is -0.480 e. The summed E-state index contributed by atoms with van der Waals surface area (Å²) in [7, 11) is 0. The fraction of sp³-hybridized carbons (Fsp3) is 0.533. The molecule has 4 heteroatoms. The Morgan fingerprint density at radius 3 is 2.63 bits per heavy atom. The Bertz CT molecular complexity index is 455. The second-order valence-corrected chi connectivity index (χ2v) is 5.66. The average Bonchev–Trinajstić information content (AvgIpc) is 2.38. The number of hydrogen-bond donors (Lipinski definition) is 1. The lowest BCUT2D eigenvalue weighted by atomic mass is 9.98. The second-order valence-electron chi connectivity index (χ2n) is 5.23. The standard InChI is InChI=1S/C15H20ClNO2/c1-11-9-13(16)6-5-12(11)10-14(15(18)19)17-7-3-2-4-8-17/h5-6,9,14H,2-4,7-8,10H2,1H3,(H,18,19)/t14-/m1/s1. The summed E-state index contributed by atoms with van der Waals surface area (Å²) in [5.74, 6) is -0.726. The lowest BCUT2D eigenvalue weighted by Crippen LogP contribution is -2.45. The molecule has 0 saturated carbocycles. The molecule has 0 aliphatic carbocycles. The van der Waals surface area contributed by atoms with E-state index in [4.69, 9.17) is 11.6 Å². The Morgan fingerprint density at radius 2 is 2.05 bits per heavy atom. The van der Waals surface area contributed by atoms with Crippen molar-refractivity contribution in [3.63, 3.8) is 0 Å². The van der Waals surface area contributed by atoms with Crippen molar-refractivity contribution < 1.29 is 9.90 Å². The van der Waals surface area contributed by atoms with E-state index in [1.807, 2.05) is 25.1 Å². The van der Waals surface area contributed by atoms with Crippen molar-refractivity contribution in [2.45, 2.75) is 38.6 Å². The minimum absolute atomic E-state index is 0.417. The smallest absolute Gasteiger partial charge is 0.321 e. The van der Waals surface area contributed by atoms with Crippen LogP contribution in [0.3, 0.4) is 0 Å². The predicted octanol–water partition coefficient (Wildman–Crippen LogP) is 3.13. The van der Waals surface area contributed by atoms with E-state index in [2.05, 4.69) is 4.90 Å². The van der Waals surface area contributed by atoms with Crippen LogP contribution in [-0.2, 0) is 11.2 Å². The summed E-state index contributed by atoms with van der Waals surface area (Å²) in [5, 5.41) is 10.2. The Balaban J connectivity index is 2.13. The van der Waals surface area contributed by atoms with Gasteiger partial charge in [0.15, 0.2) is 0 Å². The SMILES string of the molecule is Cc1cc(Cl)ccc1C[C@H](C(=O)O)N1CCCCC1. The topological polar surface area (TPSA) is 40.5 Å². The van der Waals surface area contributed by atoms with Gasteiger partial charge in [-0.2, -0.15) is 0 Å². The van der Waals surface area contributed by atoms with E-state index >= 15 is 0 Å². The highest BCUT2D eigenvalue weighted by Crippen LogP contribution is 2.20. The van der Waals surface area contributed by atoms with Crippen LogP contribution >= 0.6 is 11.6 Å². The van der Waals surface area contributed by atoms with E-state index in [1.165, 1.54) is 6.42 Å². The summed E-state index contributed by atoms with van der Waals surface area (Å²) in [4.78, 5) is 13.6. The lowest BCUT2D eigenvalue weighted by Gasteiger charge is -2.32. The van der Waals surface area contributed by atoms with Crippen LogP contribution in [0.25, 0.3) is 0 Å². The number of piperidine rings is 1. The molecule has 104 valence electrons. The van der Waals surface area contributed by atoms with Crippen molar-refractivity contribution in [1.82, 2.24) is 4.90 Å². The minimum atomic E-state index is -0.726. The van der Waals surface area contributed by atoms with E-state index < -0.39 is 12.0 Å². The van der Waals surface area contributed by atoms with Gasteiger partial charge >= 0.3 is 5.97 Å². The first-order chi connectivity index (χ1) is 9.08. The summed E-state index contributed by atoms with van der Waals surface area (Å²) >= 11 is 5.94. The van der Waals surface area contributed by atoms with Crippen molar-refractivity contribution in [1.29, 1.82) is 0 Å². The van der Waals surface area contributed by atoms with E-state index in [-0.39, 0.29) is 0 Å². The van der Waals surface area contributed by atoms with Gasteiger partial charge in [0.2, 0.25) is 0 Å². The van der Waals surface area contributed by atoms with Crippen LogP contribution in [0.1, 0.15) is 30.4 Å². The van der Waals surface area contributed by atoms with Crippen LogP contribution < -0.4 is 0 Å². The van der Waals surface area contributed by atoms with Gasteiger partial charge in [0.25, 0.3) is 0 Å². The molecule has 1 aromatic carbocycles. The first-order valence-corrected chi connectivity index (χ1v) is 7.17. The van der Waals surface area contributed by atoms with Gasteiger partial charge in [0.1, 0.15) is 6.04 Å². The van der Waals surface area contributed by atoms with E-state index in [0.717, 1.165) is 37.1 Å². The van der Waals surface area contributed by atoms with Gasteiger partial charge in [0, 0.05) is 5.02 Å². The van der Waals surface area contributed by atoms with Crippen molar-refractivity contribution in [2.75, 3.05) is 13.1 Å². The Hall–Kier alpha value is -1.06. The molecule has 1 aromatic rings. The molecule has 0 radical (unpaired) electrons. The molecule has 0 amide bonds. The number of carbonyl (C=O) groups is 1. The molecular formula is C15H20ClNO2. The molecule has 1 heterocycles. The Kier molecular flexibility index (Phi) is 4.83. The monoisotopic (exact) mass is 281 g/mol. The molecule has 1 fully saturated rings. The summed E-state index contributed by atoms with van der Waals surface area (Å²) in [5.41, 5.74) is 2.14. The third-order valence-corrected chi connectivity index (χ3v) is 4.07. The van der Waals surface area contributed by atoms with Crippen LogP contribution in [0.4, 0.5) is 0 Å². The number of halogens is 1. The van der Waals surface area contributed by atoms with Crippen molar-refractivity contribution >= 4 is 17.6 Å². The molecule has 2 rings (SSSR count). The second kappa shape index (κ2) is 6.40. The summed E-state index contributed by atoms with van der Waals surface area (Å²) < 4.78 is 0. The number of rotatable bonds is 4. The van der Waals surface area contributed by atoms with Crippen LogP contribution in [0, 0.1) is 6.92 Å². The highest BCUT2D eigenvalue weighted by molar-refractivity contribution is 6.30. The van der Waals surface area contributed by atoms with Crippen molar-refractivity contribution in [2.24, 2.45) is 0 Å². The first-order valence-electron chi connectivity index (χ1n) is 6.80. The van der Waals surface area contributed by atoms with E-state index in [9.17, 15) is 9.90 Å². The van der Waals surface area contributed by atoms with Crippen LogP contribution in [0.2, 0.25) is 5.02 Å². The largest absolute Gasteiger partial charge is 0.480 e. The number of benzene rings is 1. The molecule has 1 aliphatic rings. The maximum Gasteiger partial charge on any atom is 0.321 e. The number of hydrogen-bond acceptors (Lipinski definition) is 2. The maximum atomic E-state index is 11.5. The number of nitrogens with zero attached hydrogens (tertiary/aromatic N) is 1. The normalized spacial score (nSPS) is 18.2. The summed E-state index contributed by atoms with van der Waals surface area (Å²) in [6.07, 6.45) is 3.97. The van der Waals surface area contributed by atoms with Crippen molar-refractivity contribution in [3.05, 3.63) is 34.3 Å². The van der Waals surface area contributed by atoms with Crippen LogP contribution in [0.5, 0.6) is 0 Å². The van der Waals surface area contributed by atoms with Gasteiger partial charge in [-0.15, -0.1) is 0 Å². The molecule has 19 heavy (non-hydrogen) atoms. The zero-order valence-electron chi connectivity index (χ0n) is 11.2. The lowest BCUT2D eigenvalue weighted by molar-refractivity contribution is -0.143. The van der Waals surface area contributed by atoms with Gasteiger partial charge in [-0.1, -0.05) is 24.1 Å². The number of aryl methyl sites for hydroxylation is 1.